The first-order chi connectivity index (χ1) is 8.17. The Morgan fingerprint density at radius 3 is 2.94 bits per heavy atom. The van der Waals surface area contributed by atoms with Crippen molar-refractivity contribution in [2.45, 2.75) is 38.8 Å². The second kappa shape index (κ2) is 5.28. The summed E-state index contributed by atoms with van der Waals surface area (Å²) in [6, 6.07) is 7.36. The van der Waals surface area contributed by atoms with Crippen LogP contribution in [0.5, 0.6) is 0 Å². The van der Waals surface area contributed by atoms with Crippen molar-refractivity contribution in [1.29, 1.82) is 0 Å². The molecule has 94 valence electrons. The van der Waals surface area contributed by atoms with Crippen LogP contribution in [0.15, 0.2) is 18.2 Å². The maximum Gasteiger partial charge on any atom is 0.0459 e. The number of benzene rings is 1. The first-order valence-corrected chi connectivity index (χ1v) is 6.76. The second-order valence-electron chi connectivity index (χ2n) is 4.81. The Morgan fingerprint density at radius 2 is 2.29 bits per heavy atom. The van der Waals surface area contributed by atoms with E-state index in [0.717, 1.165) is 24.4 Å². The Labute approximate surface area is 109 Å². The number of hydrogen-bond donors (Lipinski definition) is 1. The highest BCUT2D eigenvalue weighted by Gasteiger charge is 2.30. The first kappa shape index (κ1) is 12.7. The summed E-state index contributed by atoms with van der Waals surface area (Å²) in [7, 11) is 2.02. The molecular formula is C14H21ClN2. The largest absolute Gasteiger partial charge is 0.368 e. The van der Waals surface area contributed by atoms with E-state index in [-0.39, 0.29) is 0 Å². The van der Waals surface area contributed by atoms with Gasteiger partial charge in [0, 0.05) is 29.3 Å². The molecule has 1 aliphatic heterocycles. The van der Waals surface area contributed by atoms with E-state index >= 15 is 0 Å². The minimum Gasteiger partial charge on any atom is -0.368 e. The molecule has 0 aliphatic carbocycles. The van der Waals surface area contributed by atoms with Gasteiger partial charge in [-0.15, -0.1) is 0 Å². The van der Waals surface area contributed by atoms with Gasteiger partial charge >= 0.3 is 0 Å². The lowest BCUT2D eigenvalue weighted by Gasteiger charge is -2.28. The van der Waals surface area contributed by atoms with Gasteiger partial charge in [0.1, 0.15) is 0 Å². The Kier molecular flexibility index (Phi) is 3.95. The Morgan fingerprint density at radius 1 is 1.53 bits per heavy atom. The molecule has 3 heteroatoms. The Balaban J connectivity index is 2.22. The van der Waals surface area contributed by atoms with E-state index in [1.54, 1.807) is 0 Å². The van der Waals surface area contributed by atoms with Crippen molar-refractivity contribution in [2.24, 2.45) is 0 Å². The number of likely N-dealkylation sites (N-methyl/N-ethyl adjacent to an activating group) is 1. The van der Waals surface area contributed by atoms with Gasteiger partial charge in [-0.2, -0.15) is 0 Å². The minimum absolute atomic E-state index is 0.544. The summed E-state index contributed by atoms with van der Waals surface area (Å²) >= 11 is 6.29. The zero-order valence-corrected chi connectivity index (χ0v) is 11.6. The van der Waals surface area contributed by atoms with Gasteiger partial charge in [-0.25, -0.2) is 0 Å². The van der Waals surface area contributed by atoms with E-state index in [1.165, 1.54) is 11.3 Å². The van der Waals surface area contributed by atoms with Crippen molar-refractivity contribution in [3.05, 3.63) is 28.8 Å². The third-order valence-corrected chi connectivity index (χ3v) is 4.10. The van der Waals surface area contributed by atoms with Gasteiger partial charge in [-0.1, -0.05) is 17.7 Å². The van der Waals surface area contributed by atoms with E-state index in [9.17, 15) is 0 Å². The third-order valence-electron chi connectivity index (χ3n) is 3.74. The zero-order valence-electron chi connectivity index (χ0n) is 10.8. The molecule has 0 fully saturated rings. The molecule has 0 aromatic heterocycles. The fraction of sp³-hybridized carbons (Fsp3) is 0.571. The molecule has 0 spiro atoms. The van der Waals surface area contributed by atoms with Gasteiger partial charge in [0.05, 0.1) is 0 Å². The summed E-state index contributed by atoms with van der Waals surface area (Å²) in [5.74, 6) is 0. The third kappa shape index (κ3) is 2.43. The van der Waals surface area contributed by atoms with Gasteiger partial charge < -0.3 is 10.2 Å². The molecule has 1 aliphatic rings. The van der Waals surface area contributed by atoms with Gasteiger partial charge in [0.15, 0.2) is 0 Å². The quantitative estimate of drug-likeness (QED) is 0.886. The van der Waals surface area contributed by atoms with Crippen LogP contribution in [0.25, 0.3) is 0 Å². The number of nitrogens with zero attached hydrogens (tertiary/aromatic N) is 1. The van der Waals surface area contributed by atoms with Crippen molar-refractivity contribution in [1.82, 2.24) is 5.32 Å². The van der Waals surface area contributed by atoms with Crippen LogP contribution in [-0.4, -0.2) is 25.7 Å². The standard InChI is InChI=1S/C14H21ClN2/c1-4-17-11(8-10(2)16-3)9-12-13(15)6-5-7-14(12)17/h5-7,10-11,16H,4,8-9H2,1-3H3. The lowest BCUT2D eigenvalue weighted by molar-refractivity contribution is 0.482. The summed E-state index contributed by atoms with van der Waals surface area (Å²) in [5, 5.41) is 4.24. The number of hydrogen-bond acceptors (Lipinski definition) is 2. The number of nitrogens with one attached hydrogen (secondary N) is 1. The number of rotatable bonds is 4. The molecular weight excluding hydrogens is 232 g/mol. The summed E-state index contributed by atoms with van der Waals surface area (Å²) in [6.07, 6.45) is 2.24. The average Bonchev–Trinajstić information content (AvgIpc) is 2.68. The van der Waals surface area contributed by atoms with E-state index in [2.05, 4.69) is 30.1 Å². The molecule has 0 saturated carbocycles. The van der Waals surface area contributed by atoms with Gasteiger partial charge in [0.2, 0.25) is 0 Å². The Bertz CT molecular complexity index is 392. The summed E-state index contributed by atoms with van der Waals surface area (Å²) < 4.78 is 0. The fourth-order valence-corrected chi connectivity index (χ4v) is 2.97. The minimum atomic E-state index is 0.544. The fourth-order valence-electron chi connectivity index (χ4n) is 2.73. The molecule has 1 aromatic carbocycles. The topological polar surface area (TPSA) is 15.3 Å². The molecule has 0 saturated heterocycles. The summed E-state index contributed by atoms with van der Waals surface area (Å²) in [5.41, 5.74) is 2.65. The number of fused-ring (bicyclic) bond motifs is 1. The monoisotopic (exact) mass is 252 g/mol. The lowest BCUT2D eigenvalue weighted by Crippen LogP contribution is -2.37. The average molecular weight is 253 g/mol. The maximum atomic E-state index is 6.29. The molecule has 1 N–H and O–H groups in total. The highest BCUT2D eigenvalue weighted by atomic mass is 35.5. The molecule has 1 aromatic rings. The van der Waals surface area contributed by atoms with E-state index < -0.39 is 0 Å². The van der Waals surface area contributed by atoms with Crippen LogP contribution in [0, 0.1) is 0 Å². The molecule has 2 atom stereocenters. The predicted molar refractivity (Wildman–Crippen MR) is 75.1 cm³/mol. The first-order valence-electron chi connectivity index (χ1n) is 6.38. The van der Waals surface area contributed by atoms with Crippen molar-refractivity contribution in [2.75, 3.05) is 18.5 Å². The molecule has 2 rings (SSSR count). The van der Waals surface area contributed by atoms with Crippen LogP contribution in [0.1, 0.15) is 25.8 Å². The van der Waals surface area contributed by atoms with Crippen molar-refractivity contribution in [3.63, 3.8) is 0 Å². The smallest absolute Gasteiger partial charge is 0.0459 e. The van der Waals surface area contributed by atoms with Crippen LogP contribution in [0.4, 0.5) is 5.69 Å². The normalized spacial score (nSPS) is 20.5. The van der Waals surface area contributed by atoms with Gasteiger partial charge in [0.25, 0.3) is 0 Å². The molecule has 2 nitrogen and oxygen atoms in total. The molecule has 2 unspecified atom stereocenters. The molecule has 0 amide bonds. The van der Waals surface area contributed by atoms with Crippen LogP contribution in [0.2, 0.25) is 5.02 Å². The molecule has 17 heavy (non-hydrogen) atoms. The maximum absolute atomic E-state index is 6.29. The van der Waals surface area contributed by atoms with Crippen LogP contribution in [0.3, 0.4) is 0 Å². The van der Waals surface area contributed by atoms with Crippen molar-refractivity contribution < 1.29 is 0 Å². The summed E-state index contributed by atoms with van der Waals surface area (Å²) in [4.78, 5) is 2.48. The highest BCUT2D eigenvalue weighted by Crippen LogP contribution is 2.37. The SMILES string of the molecule is CCN1c2cccc(Cl)c2CC1CC(C)NC. The zero-order chi connectivity index (χ0) is 12.4. The van der Waals surface area contributed by atoms with Crippen molar-refractivity contribution >= 4 is 17.3 Å². The number of anilines is 1. The highest BCUT2D eigenvalue weighted by molar-refractivity contribution is 6.31. The molecule has 0 bridgehead atoms. The lowest BCUT2D eigenvalue weighted by atomic mass is 10.0. The second-order valence-corrected chi connectivity index (χ2v) is 5.21. The van der Waals surface area contributed by atoms with Gasteiger partial charge in [-0.05, 0) is 51.4 Å². The van der Waals surface area contributed by atoms with Crippen LogP contribution >= 0.6 is 11.6 Å². The Hall–Kier alpha value is -0.730. The molecule has 1 heterocycles. The van der Waals surface area contributed by atoms with Crippen molar-refractivity contribution in [3.8, 4) is 0 Å². The van der Waals surface area contributed by atoms with Gasteiger partial charge in [-0.3, -0.25) is 0 Å². The number of halogens is 1. The van der Waals surface area contributed by atoms with E-state index in [4.69, 9.17) is 11.6 Å². The van der Waals surface area contributed by atoms with Crippen LogP contribution < -0.4 is 10.2 Å². The summed E-state index contributed by atoms with van der Waals surface area (Å²) in [6.45, 7) is 5.50. The predicted octanol–water partition coefficient (Wildman–Crippen LogP) is 3.09. The van der Waals surface area contributed by atoms with E-state index in [1.807, 2.05) is 19.2 Å². The van der Waals surface area contributed by atoms with E-state index in [0.29, 0.717) is 12.1 Å². The van der Waals surface area contributed by atoms with Crippen LogP contribution in [-0.2, 0) is 6.42 Å². The molecule has 0 radical (unpaired) electrons.